The summed E-state index contributed by atoms with van der Waals surface area (Å²) < 4.78 is 1.09. The number of aromatic hydroxyl groups is 1. The minimum atomic E-state index is 0.275. The van der Waals surface area contributed by atoms with Crippen LogP contribution in [0.5, 0.6) is 5.75 Å². The standard InChI is InChI=1S/C16H18BrNO/c1-3-15(12-4-6-13(17)7-5-12)18-14-8-9-16(19)11(2)10-14/h4-10,15,18-19H,3H2,1-2H3. The molecule has 100 valence electrons. The van der Waals surface area contributed by atoms with E-state index in [1.54, 1.807) is 6.07 Å². The Morgan fingerprint density at radius 1 is 1.16 bits per heavy atom. The second-order valence-corrected chi connectivity index (χ2v) is 5.57. The molecule has 0 aliphatic carbocycles. The van der Waals surface area contributed by atoms with Gasteiger partial charge in [-0.1, -0.05) is 35.0 Å². The van der Waals surface area contributed by atoms with Crippen molar-refractivity contribution in [2.75, 3.05) is 5.32 Å². The summed E-state index contributed by atoms with van der Waals surface area (Å²) in [5.41, 5.74) is 3.18. The third-order valence-electron chi connectivity index (χ3n) is 3.22. The molecule has 1 unspecified atom stereocenters. The van der Waals surface area contributed by atoms with Crippen LogP contribution >= 0.6 is 15.9 Å². The molecule has 2 nitrogen and oxygen atoms in total. The van der Waals surface area contributed by atoms with E-state index < -0.39 is 0 Å². The molecule has 0 saturated carbocycles. The average molecular weight is 320 g/mol. The van der Waals surface area contributed by atoms with Gasteiger partial charge in [-0.25, -0.2) is 0 Å². The summed E-state index contributed by atoms with van der Waals surface area (Å²) in [6.45, 7) is 4.06. The van der Waals surface area contributed by atoms with Gasteiger partial charge in [0.1, 0.15) is 5.75 Å². The average Bonchev–Trinajstić information content (AvgIpc) is 2.41. The number of hydrogen-bond donors (Lipinski definition) is 2. The molecule has 0 radical (unpaired) electrons. The Hall–Kier alpha value is -1.48. The van der Waals surface area contributed by atoms with Gasteiger partial charge in [-0.15, -0.1) is 0 Å². The zero-order chi connectivity index (χ0) is 13.8. The van der Waals surface area contributed by atoms with Gasteiger partial charge in [0.15, 0.2) is 0 Å². The van der Waals surface area contributed by atoms with Crippen LogP contribution in [0.25, 0.3) is 0 Å². The van der Waals surface area contributed by atoms with Gasteiger partial charge >= 0.3 is 0 Å². The van der Waals surface area contributed by atoms with Crippen molar-refractivity contribution in [3.63, 3.8) is 0 Å². The van der Waals surface area contributed by atoms with Crippen LogP contribution in [0.15, 0.2) is 46.9 Å². The molecule has 3 heteroatoms. The molecule has 0 aliphatic heterocycles. The van der Waals surface area contributed by atoms with Crippen LogP contribution in [0.2, 0.25) is 0 Å². The fraction of sp³-hybridized carbons (Fsp3) is 0.250. The number of hydrogen-bond acceptors (Lipinski definition) is 2. The first kappa shape index (κ1) is 13.9. The molecule has 0 spiro atoms. The van der Waals surface area contributed by atoms with Crippen molar-refractivity contribution < 1.29 is 5.11 Å². The second-order valence-electron chi connectivity index (χ2n) is 4.66. The normalized spacial score (nSPS) is 12.2. The molecule has 0 amide bonds. The van der Waals surface area contributed by atoms with Crippen LogP contribution in [-0.2, 0) is 0 Å². The maximum absolute atomic E-state index is 9.55. The zero-order valence-electron chi connectivity index (χ0n) is 11.2. The highest BCUT2D eigenvalue weighted by Crippen LogP contribution is 2.26. The van der Waals surface area contributed by atoms with Gasteiger partial charge in [-0.2, -0.15) is 0 Å². The van der Waals surface area contributed by atoms with Crippen LogP contribution < -0.4 is 5.32 Å². The Morgan fingerprint density at radius 3 is 2.42 bits per heavy atom. The van der Waals surface area contributed by atoms with Gasteiger partial charge in [0.2, 0.25) is 0 Å². The predicted octanol–water partition coefficient (Wildman–Crippen LogP) is 5.03. The van der Waals surface area contributed by atoms with Gasteiger partial charge in [0.05, 0.1) is 6.04 Å². The molecule has 2 aromatic carbocycles. The second kappa shape index (κ2) is 6.11. The van der Waals surface area contributed by atoms with E-state index in [2.05, 4.69) is 52.4 Å². The van der Waals surface area contributed by atoms with Crippen molar-refractivity contribution >= 4 is 21.6 Å². The highest BCUT2D eigenvalue weighted by molar-refractivity contribution is 9.10. The number of phenols is 1. The Balaban J connectivity index is 2.18. The molecule has 19 heavy (non-hydrogen) atoms. The molecular formula is C16H18BrNO. The number of benzene rings is 2. The largest absolute Gasteiger partial charge is 0.508 e. The molecular weight excluding hydrogens is 302 g/mol. The van der Waals surface area contributed by atoms with E-state index in [1.807, 2.05) is 19.1 Å². The van der Waals surface area contributed by atoms with E-state index in [4.69, 9.17) is 0 Å². The first-order valence-electron chi connectivity index (χ1n) is 6.41. The number of aryl methyl sites for hydroxylation is 1. The van der Waals surface area contributed by atoms with Crippen molar-refractivity contribution in [1.29, 1.82) is 0 Å². The summed E-state index contributed by atoms with van der Waals surface area (Å²) in [7, 11) is 0. The fourth-order valence-corrected chi connectivity index (χ4v) is 2.33. The Morgan fingerprint density at radius 2 is 1.84 bits per heavy atom. The molecule has 0 bridgehead atoms. The van der Waals surface area contributed by atoms with E-state index in [-0.39, 0.29) is 6.04 Å². The smallest absolute Gasteiger partial charge is 0.118 e. The molecule has 2 aromatic rings. The maximum atomic E-state index is 9.55. The number of rotatable bonds is 4. The predicted molar refractivity (Wildman–Crippen MR) is 83.6 cm³/mol. The molecule has 0 aromatic heterocycles. The van der Waals surface area contributed by atoms with E-state index in [9.17, 15) is 5.11 Å². The Bertz CT molecular complexity index is 551. The number of halogens is 1. The molecule has 1 atom stereocenters. The van der Waals surface area contributed by atoms with Crippen molar-refractivity contribution in [3.8, 4) is 5.75 Å². The lowest BCUT2D eigenvalue weighted by Crippen LogP contribution is -2.09. The first-order valence-corrected chi connectivity index (χ1v) is 7.21. The highest BCUT2D eigenvalue weighted by atomic mass is 79.9. The molecule has 0 fully saturated rings. The lowest BCUT2D eigenvalue weighted by atomic mass is 10.0. The minimum absolute atomic E-state index is 0.275. The maximum Gasteiger partial charge on any atom is 0.118 e. The van der Waals surface area contributed by atoms with Gasteiger partial charge in [-0.3, -0.25) is 0 Å². The molecule has 2 rings (SSSR count). The molecule has 0 aliphatic rings. The van der Waals surface area contributed by atoms with Crippen molar-refractivity contribution in [1.82, 2.24) is 0 Å². The molecule has 0 heterocycles. The van der Waals surface area contributed by atoms with E-state index in [1.165, 1.54) is 5.56 Å². The minimum Gasteiger partial charge on any atom is -0.508 e. The SMILES string of the molecule is CCC(Nc1ccc(O)c(C)c1)c1ccc(Br)cc1. The monoisotopic (exact) mass is 319 g/mol. The fourth-order valence-electron chi connectivity index (χ4n) is 2.06. The number of anilines is 1. The highest BCUT2D eigenvalue weighted by Gasteiger charge is 2.09. The van der Waals surface area contributed by atoms with E-state index >= 15 is 0 Å². The molecule has 0 saturated heterocycles. The van der Waals surface area contributed by atoms with Crippen LogP contribution in [0.1, 0.15) is 30.5 Å². The summed E-state index contributed by atoms with van der Waals surface area (Å²) >= 11 is 3.45. The van der Waals surface area contributed by atoms with Crippen LogP contribution in [0.3, 0.4) is 0 Å². The lowest BCUT2D eigenvalue weighted by Gasteiger charge is -2.19. The van der Waals surface area contributed by atoms with Gasteiger partial charge in [-0.05, 0) is 54.8 Å². The summed E-state index contributed by atoms with van der Waals surface area (Å²) in [4.78, 5) is 0. The first-order chi connectivity index (χ1) is 9.10. The summed E-state index contributed by atoms with van der Waals surface area (Å²) in [5, 5.41) is 13.1. The van der Waals surface area contributed by atoms with Crippen molar-refractivity contribution in [2.24, 2.45) is 0 Å². The van der Waals surface area contributed by atoms with Crippen molar-refractivity contribution in [3.05, 3.63) is 58.1 Å². The van der Waals surface area contributed by atoms with Crippen LogP contribution in [0, 0.1) is 6.92 Å². The van der Waals surface area contributed by atoms with E-state index in [0.29, 0.717) is 5.75 Å². The van der Waals surface area contributed by atoms with Gasteiger partial charge in [0.25, 0.3) is 0 Å². The Kier molecular flexibility index (Phi) is 4.48. The van der Waals surface area contributed by atoms with Crippen LogP contribution in [-0.4, -0.2) is 5.11 Å². The van der Waals surface area contributed by atoms with Gasteiger partial charge < -0.3 is 10.4 Å². The number of nitrogens with one attached hydrogen (secondary N) is 1. The lowest BCUT2D eigenvalue weighted by molar-refractivity contribution is 0.471. The quantitative estimate of drug-likeness (QED) is 0.775. The molecule has 2 N–H and O–H groups in total. The Labute approximate surface area is 122 Å². The summed E-state index contributed by atoms with van der Waals surface area (Å²) in [6.07, 6.45) is 1.00. The van der Waals surface area contributed by atoms with Gasteiger partial charge in [0, 0.05) is 10.2 Å². The zero-order valence-corrected chi connectivity index (χ0v) is 12.7. The third kappa shape index (κ3) is 3.51. The van der Waals surface area contributed by atoms with Crippen molar-refractivity contribution in [2.45, 2.75) is 26.3 Å². The summed E-state index contributed by atoms with van der Waals surface area (Å²) in [6, 6.07) is 14.2. The summed E-state index contributed by atoms with van der Waals surface area (Å²) in [5.74, 6) is 0.335. The number of phenolic OH excluding ortho intramolecular Hbond substituents is 1. The van der Waals surface area contributed by atoms with E-state index in [0.717, 1.165) is 22.1 Å². The third-order valence-corrected chi connectivity index (χ3v) is 3.75. The van der Waals surface area contributed by atoms with Crippen LogP contribution in [0.4, 0.5) is 5.69 Å². The topological polar surface area (TPSA) is 32.3 Å².